The van der Waals surface area contributed by atoms with Gasteiger partial charge in [-0.3, -0.25) is 9.59 Å². The van der Waals surface area contributed by atoms with E-state index in [0.717, 1.165) is 22.5 Å². The monoisotopic (exact) mass is 428 g/mol. The molecule has 5 heteroatoms. The number of para-hydroxylation sites is 2. The molecule has 0 fully saturated rings. The van der Waals surface area contributed by atoms with Crippen molar-refractivity contribution in [2.75, 3.05) is 9.80 Å². The lowest BCUT2D eigenvalue weighted by atomic mass is 9.89. The number of fused-ring (bicyclic) bond motifs is 1. The minimum atomic E-state index is -0.313. The number of anilines is 2. The van der Waals surface area contributed by atoms with Crippen LogP contribution in [0.25, 0.3) is 6.08 Å². The number of hydrogen-bond acceptors (Lipinski definition) is 2. The van der Waals surface area contributed by atoms with Crippen LogP contribution in [0.15, 0.2) is 84.9 Å². The second kappa shape index (κ2) is 9.18. The Kier molecular flexibility index (Phi) is 6.17. The fraction of sp³-hybridized carbons (Fsp3) is 0.185. The van der Waals surface area contributed by atoms with E-state index in [9.17, 15) is 14.0 Å². The Morgan fingerprint density at radius 2 is 1.62 bits per heavy atom. The molecule has 0 spiro atoms. The minimum absolute atomic E-state index is 0.0424. The number of nitrogens with zero attached hydrogens (tertiary/aromatic N) is 2. The van der Waals surface area contributed by atoms with Gasteiger partial charge < -0.3 is 9.80 Å². The van der Waals surface area contributed by atoms with E-state index in [0.29, 0.717) is 6.42 Å². The van der Waals surface area contributed by atoms with Crippen LogP contribution in [0.4, 0.5) is 15.8 Å². The lowest BCUT2D eigenvalue weighted by Crippen LogP contribution is -2.47. The summed E-state index contributed by atoms with van der Waals surface area (Å²) in [6.07, 6.45) is 3.82. The van der Waals surface area contributed by atoms with E-state index in [1.165, 1.54) is 18.2 Å². The molecule has 0 unspecified atom stereocenters. The van der Waals surface area contributed by atoms with Gasteiger partial charge in [0.25, 0.3) is 5.91 Å². The smallest absolute Gasteiger partial charge is 0.251 e. The molecular formula is C27H25FN2O2. The fourth-order valence-electron chi connectivity index (χ4n) is 4.35. The summed E-state index contributed by atoms with van der Waals surface area (Å²) in [4.78, 5) is 29.4. The molecule has 0 saturated carbocycles. The molecule has 32 heavy (non-hydrogen) atoms. The second-order valence-electron chi connectivity index (χ2n) is 7.98. The van der Waals surface area contributed by atoms with Gasteiger partial charge in [-0.1, -0.05) is 48.5 Å². The Hall–Kier alpha value is -3.73. The molecule has 1 aliphatic rings. The summed E-state index contributed by atoms with van der Waals surface area (Å²) in [6.45, 7) is 3.57. The van der Waals surface area contributed by atoms with Crippen molar-refractivity contribution >= 4 is 29.3 Å². The van der Waals surface area contributed by atoms with Crippen LogP contribution in [-0.4, -0.2) is 17.9 Å². The van der Waals surface area contributed by atoms with Crippen molar-refractivity contribution in [1.82, 2.24) is 0 Å². The highest BCUT2D eigenvalue weighted by atomic mass is 19.1. The van der Waals surface area contributed by atoms with E-state index >= 15 is 0 Å². The number of halogens is 1. The Morgan fingerprint density at radius 3 is 2.31 bits per heavy atom. The van der Waals surface area contributed by atoms with Crippen LogP contribution in [0.2, 0.25) is 0 Å². The average molecular weight is 429 g/mol. The van der Waals surface area contributed by atoms with Gasteiger partial charge in [-0.15, -0.1) is 0 Å². The molecule has 0 bridgehead atoms. The van der Waals surface area contributed by atoms with Crippen molar-refractivity contribution in [2.45, 2.75) is 32.4 Å². The van der Waals surface area contributed by atoms with Gasteiger partial charge in [0.05, 0.1) is 6.04 Å². The first-order valence-electron chi connectivity index (χ1n) is 10.7. The molecule has 0 aliphatic carbocycles. The predicted octanol–water partition coefficient (Wildman–Crippen LogP) is 5.76. The summed E-state index contributed by atoms with van der Waals surface area (Å²) in [5.41, 5.74) is 3.32. The van der Waals surface area contributed by atoms with Crippen molar-refractivity contribution in [1.29, 1.82) is 0 Å². The van der Waals surface area contributed by atoms with E-state index in [1.807, 2.05) is 66.4 Å². The van der Waals surface area contributed by atoms with Crippen LogP contribution in [0.3, 0.4) is 0 Å². The van der Waals surface area contributed by atoms with E-state index in [1.54, 1.807) is 30.0 Å². The summed E-state index contributed by atoms with van der Waals surface area (Å²) >= 11 is 0. The van der Waals surface area contributed by atoms with Gasteiger partial charge in [0.15, 0.2) is 0 Å². The van der Waals surface area contributed by atoms with Crippen molar-refractivity contribution in [3.05, 3.63) is 102 Å². The van der Waals surface area contributed by atoms with Gasteiger partial charge in [-0.05, 0) is 60.9 Å². The SMILES string of the molecule is CC(=O)N(c1ccccc1)[C@@H]1C[C@H](C)N(C(=O)/C=C/c2ccc(F)cc2)c2ccccc21. The first kappa shape index (κ1) is 21.5. The van der Waals surface area contributed by atoms with Gasteiger partial charge in [0.1, 0.15) is 5.82 Å². The third kappa shape index (κ3) is 4.33. The number of amides is 2. The molecule has 0 radical (unpaired) electrons. The number of benzene rings is 3. The summed E-state index contributed by atoms with van der Waals surface area (Å²) in [5.74, 6) is -0.507. The fourth-order valence-corrected chi connectivity index (χ4v) is 4.35. The lowest BCUT2D eigenvalue weighted by molar-refractivity contribution is -0.117. The van der Waals surface area contributed by atoms with Gasteiger partial charge in [-0.25, -0.2) is 4.39 Å². The largest absolute Gasteiger partial charge is 0.306 e. The summed E-state index contributed by atoms with van der Waals surface area (Å²) < 4.78 is 13.1. The van der Waals surface area contributed by atoms with E-state index < -0.39 is 0 Å². The molecule has 4 rings (SSSR count). The third-order valence-electron chi connectivity index (χ3n) is 5.77. The zero-order valence-corrected chi connectivity index (χ0v) is 18.1. The van der Waals surface area contributed by atoms with E-state index in [2.05, 4.69) is 0 Å². The molecule has 2 amide bonds. The zero-order valence-electron chi connectivity index (χ0n) is 18.1. The summed E-state index contributed by atoms with van der Waals surface area (Å²) in [6, 6.07) is 23.1. The number of carbonyl (C=O) groups excluding carboxylic acids is 2. The Morgan fingerprint density at radius 1 is 0.969 bits per heavy atom. The third-order valence-corrected chi connectivity index (χ3v) is 5.77. The number of hydrogen-bond donors (Lipinski definition) is 0. The molecular weight excluding hydrogens is 403 g/mol. The molecule has 162 valence electrons. The maximum atomic E-state index is 13.2. The minimum Gasteiger partial charge on any atom is -0.306 e. The van der Waals surface area contributed by atoms with Crippen LogP contribution in [0, 0.1) is 5.82 Å². The van der Waals surface area contributed by atoms with Crippen LogP contribution in [0.1, 0.15) is 37.4 Å². The quantitative estimate of drug-likeness (QED) is 0.496. The Labute approximate surface area is 187 Å². The van der Waals surface area contributed by atoms with E-state index in [-0.39, 0.29) is 29.7 Å². The normalized spacial score (nSPS) is 17.8. The highest BCUT2D eigenvalue weighted by molar-refractivity contribution is 6.05. The van der Waals surface area contributed by atoms with Crippen LogP contribution in [0.5, 0.6) is 0 Å². The van der Waals surface area contributed by atoms with Crippen molar-refractivity contribution in [3.8, 4) is 0 Å². The average Bonchev–Trinajstić information content (AvgIpc) is 2.79. The molecule has 3 aromatic rings. The number of rotatable bonds is 4. The molecule has 0 N–H and O–H groups in total. The number of carbonyl (C=O) groups is 2. The van der Waals surface area contributed by atoms with Crippen molar-refractivity contribution in [2.24, 2.45) is 0 Å². The predicted molar refractivity (Wildman–Crippen MR) is 126 cm³/mol. The summed E-state index contributed by atoms with van der Waals surface area (Å²) in [5, 5.41) is 0. The molecule has 1 aliphatic heterocycles. The zero-order chi connectivity index (χ0) is 22.7. The molecule has 0 aromatic heterocycles. The maximum Gasteiger partial charge on any atom is 0.251 e. The molecule has 0 saturated heterocycles. The highest BCUT2D eigenvalue weighted by Crippen LogP contribution is 2.42. The molecule has 3 aromatic carbocycles. The first-order chi connectivity index (χ1) is 15.5. The van der Waals surface area contributed by atoms with Crippen molar-refractivity contribution < 1.29 is 14.0 Å². The van der Waals surface area contributed by atoms with Gasteiger partial charge >= 0.3 is 0 Å². The van der Waals surface area contributed by atoms with Crippen LogP contribution >= 0.6 is 0 Å². The first-order valence-corrected chi connectivity index (χ1v) is 10.7. The second-order valence-corrected chi connectivity index (χ2v) is 7.98. The topological polar surface area (TPSA) is 40.6 Å². The highest BCUT2D eigenvalue weighted by Gasteiger charge is 2.37. The Bertz CT molecular complexity index is 1140. The van der Waals surface area contributed by atoms with Crippen molar-refractivity contribution in [3.63, 3.8) is 0 Å². The van der Waals surface area contributed by atoms with E-state index in [4.69, 9.17) is 0 Å². The van der Waals surface area contributed by atoms with Gasteiger partial charge in [-0.2, -0.15) is 0 Å². The van der Waals surface area contributed by atoms with Gasteiger partial charge in [0, 0.05) is 30.4 Å². The molecule has 2 atom stereocenters. The lowest BCUT2D eigenvalue weighted by Gasteiger charge is -2.43. The standard InChI is InChI=1S/C27H25FN2O2/c1-19-18-26(30(20(2)31)23-8-4-3-5-9-23)24-10-6-7-11-25(24)29(19)27(32)17-14-21-12-15-22(28)16-13-21/h3-17,19,26H,18H2,1-2H3/b17-14+/t19-,26+/m0/s1. The Balaban J connectivity index is 1.68. The molecule has 4 nitrogen and oxygen atoms in total. The molecule has 1 heterocycles. The summed E-state index contributed by atoms with van der Waals surface area (Å²) in [7, 11) is 0. The van der Waals surface area contributed by atoms with Crippen LogP contribution in [-0.2, 0) is 9.59 Å². The van der Waals surface area contributed by atoms with Crippen LogP contribution < -0.4 is 9.80 Å². The maximum absolute atomic E-state index is 13.2. The van der Waals surface area contributed by atoms with Gasteiger partial charge in [0.2, 0.25) is 5.91 Å².